The zero-order valence-electron chi connectivity index (χ0n) is 23.0. The van der Waals surface area contributed by atoms with Crippen LogP contribution in [0.15, 0.2) is 48.7 Å². The Balaban J connectivity index is 2.22. The van der Waals surface area contributed by atoms with Crippen molar-refractivity contribution in [2.24, 2.45) is 0 Å². The van der Waals surface area contributed by atoms with Gasteiger partial charge in [0.05, 0.1) is 18.3 Å². The van der Waals surface area contributed by atoms with E-state index in [0.717, 1.165) is 5.56 Å². The van der Waals surface area contributed by atoms with Crippen LogP contribution in [0.1, 0.15) is 58.8 Å². The van der Waals surface area contributed by atoms with Crippen LogP contribution in [0.5, 0.6) is 0 Å². The molecule has 0 bridgehead atoms. The molecule has 1 heterocycles. The number of anilines is 1. The highest BCUT2D eigenvalue weighted by Gasteiger charge is 2.39. The number of carbonyl (C=O) groups is 2. The normalized spacial score (nSPS) is 13.0. The smallest absolute Gasteiger partial charge is 0.411 e. The van der Waals surface area contributed by atoms with Crippen LogP contribution in [0, 0.1) is 0 Å². The standard InChI is InChI=1S/C27H41N3O5Si/c1-26(2,3)35-25(32)30(7)23(19-34-36(8,9)27(4,5)6)22-17-21(15-16-28-22)29-24(31)33-18-20-13-11-10-12-14-20/h10-17,23H,18-19H2,1-9H3,(H,28,29,31)/t23-/m0/s1. The van der Waals surface area contributed by atoms with Crippen molar-refractivity contribution in [3.8, 4) is 0 Å². The number of nitrogens with zero attached hydrogens (tertiary/aromatic N) is 2. The Labute approximate surface area is 216 Å². The number of likely N-dealkylation sites (N-methyl/N-ethyl adjacent to an activating group) is 1. The topological polar surface area (TPSA) is 90.0 Å². The highest BCUT2D eigenvalue weighted by molar-refractivity contribution is 6.74. The predicted octanol–water partition coefficient (Wildman–Crippen LogP) is 6.76. The van der Waals surface area contributed by atoms with Gasteiger partial charge >= 0.3 is 12.2 Å². The number of benzene rings is 1. The van der Waals surface area contributed by atoms with Gasteiger partial charge in [-0.15, -0.1) is 0 Å². The lowest BCUT2D eigenvalue weighted by molar-refractivity contribution is 0.0161. The summed E-state index contributed by atoms with van der Waals surface area (Å²) in [6.45, 7) is 16.7. The zero-order chi connectivity index (χ0) is 27.1. The van der Waals surface area contributed by atoms with Crippen LogP contribution in [0.3, 0.4) is 0 Å². The van der Waals surface area contributed by atoms with Gasteiger partial charge in [-0.3, -0.25) is 10.3 Å². The van der Waals surface area contributed by atoms with Crippen molar-refractivity contribution in [1.29, 1.82) is 0 Å². The fraction of sp³-hybridized carbons (Fsp3) is 0.519. The van der Waals surface area contributed by atoms with Gasteiger partial charge in [0.15, 0.2) is 8.32 Å². The van der Waals surface area contributed by atoms with Gasteiger partial charge in [0.1, 0.15) is 12.2 Å². The Morgan fingerprint density at radius 1 is 1.06 bits per heavy atom. The Hall–Kier alpha value is -2.91. The molecule has 0 aliphatic heterocycles. The largest absolute Gasteiger partial charge is 0.444 e. The van der Waals surface area contributed by atoms with E-state index in [2.05, 4.69) is 44.2 Å². The van der Waals surface area contributed by atoms with Gasteiger partial charge < -0.3 is 18.8 Å². The molecule has 1 aromatic heterocycles. The van der Waals surface area contributed by atoms with Crippen molar-refractivity contribution in [2.45, 2.75) is 77.9 Å². The van der Waals surface area contributed by atoms with Gasteiger partial charge in [-0.25, -0.2) is 9.59 Å². The Bertz CT molecular complexity index is 1020. The fourth-order valence-corrected chi connectivity index (χ4v) is 3.95. The first kappa shape index (κ1) is 29.3. The van der Waals surface area contributed by atoms with E-state index in [0.29, 0.717) is 11.4 Å². The van der Waals surface area contributed by atoms with Crippen LogP contribution in [0.2, 0.25) is 18.1 Å². The van der Waals surface area contributed by atoms with Crippen molar-refractivity contribution >= 4 is 26.2 Å². The van der Waals surface area contributed by atoms with Crippen molar-refractivity contribution in [2.75, 3.05) is 19.0 Å². The lowest BCUT2D eigenvalue weighted by atomic mass is 10.1. The first-order chi connectivity index (χ1) is 16.6. The summed E-state index contributed by atoms with van der Waals surface area (Å²) in [5.41, 5.74) is 1.33. The quantitative estimate of drug-likeness (QED) is 0.391. The monoisotopic (exact) mass is 515 g/mol. The van der Waals surface area contributed by atoms with Crippen LogP contribution in [0.25, 0.3) is 0 Å². The molecule has 2 amide bonds. The molecule has 0 saturated carbocycles. The highest BCUT2D eigenvalue weighted by atomic mass is 28.4. The summed E-state index contributed by atoms with van der Waals surface area (Å²) < 4.78 is 17.4. The maximum absolute atomic E-state index is 12.9. The number of carbonyl (C=O) groups excluding carboxylic acids is 2. The van der Waals surface area contributed by atoms with E-state index in [9.17, 15) is 9.59 Å². The van der Waals surface area contributed by atoms with Crippen molar-refractivity contribution in [1.82, 2.24) is 9.88 Å². The molecule has 2 rings (SSSR count). The molecule has 0 radical (unpaired) electrons. The first-order valence-electron chi connectivity index (χ1n) is 12.1. The number of pyridine rings is 1. The average molecular weight is 516 g/mol. The second-order valence-electron chi connectivity index (χ2n) is 11.3. The molecule has 1 N–H and O–H groups in total. The molecule has 198 valence electrons. The van der Waals surface area contributed by atoms with E-state index in [1.807, 2.05) is 51.1 Å². The number of nitrogens with one attached hydrogen (secondary N) is 1. The van der Waals surface area contributed by atoms with Crippen molar-refractivity contribution in [3.05, 3.63) is 59.9 Å². The lowest BCUT2D eigenvalue weighted by Gasteiger charge is -2.38. The minimum atomic E-state index is -2.11. The summed E-state index contributed by atoms with van der Waals surface area (Å²) in [5, 5.41) is 2.74. The van der Waals surface area contributed by atoms with Crippen LogP contribution in [-0.4, -0.2) is 49.6 Å². The number of hydrogen-bond acceptors (Lipinski definition) is 6. The van der Waals surface area contributed by atoms with Gasteiger partial charge in [0.25, 0.3) is 0 Å². The number of ether oxygens (including phenoxy) is 2. The Morgan fingerprint density at radius 2 is 1.69 bits per heavy atom. The summed E-state index contributed by atoms with van der Waals surface area (Å²) in [4.78, 5) is 31.3. The molecule has 0 aliphatic carbocycles. The van der Waals surface area contributed by atoms with Gasteiger partial charge in [-0.2, -0.15) is 0 Å². The molecule has 1 atom stereocenters. The Morgan fingerprint density at radius 3 is 2.28 bits per heavy atom. The third kappa shape index (κ3) is 8.95. The van der Waals surface area contributed by atoms with E-state index in [1.165, 1.54) is 4.90 Å². The van der Waals surface area contributed by atoms with Crippen molar-refractivity contribution in [3.63, 3.8) is 0 Å². The second kappa shape index (κ2) is 11.9. The molecule has 9 heteroatoms. The maximum Gasteiger partial charge on any atom is 0.411 e. The molecule has 36 heavy (non-hydrogen) atoms. The zero-order valence-corrected chi connectivity index (χ0v) is 24.0. The number of hydrogen-bond donors (Lipinski definition) is 1. The van der Waals surface area contributed by atoms with E-state index in [1.54, 1.807) is 25.4 Å². The minimum absolute atomic E-state index is 0.00137. The maximum atomic E-state index is 12.9. The highest BCUT2D eigenvalue weighted by Crippen LogP contribution is 2.37. The summed E-state index contributed by atoms with van der Waals surface area (Å²) >= 11 is 0. The molecule has 2 aromatic rings. The lowest BCUT2D eigenvalue weighted by Crippen LogP contribution is -2.45. The molecular formula is C27H41N3O5Si. The number of aromatic nitrogens is 1. The van der Waals surface area contributed by atoms with Crippen LogP contribution >= 0.6 is 0 Å². The van der Waals surface area contributed by atoms with Crippen LogP contribution in [-0.2, 0) is 20.5 Å². The van der Waals surface area contributed by atoms with Gasteiger partial charge in [0.2, 0.25) is 0 Å². The molecule has 0 saturated heterocycles. The van der Waals surface area contributed by atoms with E-state index >= 15 is 0 Å². The number of amides is 2. The summed E-state index contributed by atoms with van der Waals surface area (Å²) in [6.07, 6.45) is 0.532. The third-order valence-electron chi connectivity index (χ3n) is 6.14. The second-order valence-corrected chi connectivity index (χ2v) is 16.1. The summed E-state index contributed by atoms with van der Waals surface area (Å²) in [6, 6.07) is 12.3. The fourth-order valence-electron chi connectivity index (χ4n) is 2.95. The van der Waals surface area contributed by atoms with E-state index in [-0.39, 0.29) is 18.3 Å². The molecule has 0 aliphatic rings. The predicted molar refractivity (Wildman–Crippen MR) is 144 cm³/mol. The molecule has 0 unspecified atom stereocenters. The third-order valence-corrected chi connectivity index (χ3v) is 10.6. The summed E-state index contributed by atoms with van der Waals surface area (Å²) in [7, 11) is -0.437. The molecule has 1 aromatic carbocycles. The van der Waals surface area contributed by atoms with Crippen LogP contribution in [0.4, 0.5) is 15.3 Å². The SMILES string of the molecule is CN(C(=O)OC(C)(C)C)[C@@H](CO[Si](C)(C)C(C)(C)C)c1cc(NC(=O)OCc2ccccc2)ccn1. The van der Waals surface area contributed by atoms with Gasteiger partial charge in [0, 0.05) is 18.9 Å². The minimum Gasteiger partial charge on any atom is -0.444 e. The molecule has 0 fully saturated rings. The first-order valence-corrected chi connectivity index (χ1v) is 15.0. The van der Waals surface area contributed by atoms with Gasteiger partial charge in [-0.05, 0) is 56.6 Å². The Kier molecular flexibility index (Phi) is 9.68. The number of rotatable bonds is 8. The van der Waals surface area contributed by atoms with E-state index < -0.39 is 32.1 Å². The molecule has 8 nitrogen and oxygen atoms in total. The summed E-state index contributed by atoms with van der Waals surface area (Å²) in [5.74, 6) is 0. The van der Waals surface area contributed by atoms with Crippen molar-refractivity contribution < 1.29 is 23.5 Å². The van der Waals surface area contributed by atoms with Gasteiger partial charge in [-0.1, -0.05) is 51.1 Å². The average Bonchev–Trinajstić information content (AvgIpc) is 2.76. The van der Waals surface area contributed by atoms with Crippen LogP contribution < -0.4 is 5.32 Å². The van der Waals surface area contributed by atoms with E-state index in [4.69, 9.17) is 13.9 Å². The molecule has 0 spiro atoms. The molecular weight excluding hydrogens is 474 g/mol.